The highest BCUT2D eigenvalue weighted by atomic mass is 79.9. The summed E-state index contributed by atoms with van der Waals surface area (Å²) in [6, 6.07) is 8.07. The summed E-state index contributed by atoms with van der Waals surface area (Å²) in [5.74, 6) is -0.292. The largest absolute Gasteiger partial charge is 0.507 e. The highest BCUT2D eigenvalue weighted by Crippen LogP contribution is 2.25. The number of nitrogens with one attached hydrogen (secondary N) is 1. The van der Waals surface area contributed by atoms with E-state index in [9.17, 15) is 9.90 Å². The molecule has 1 heterocycles. The van der Waals surface area contributed by atoms with Gasteiger partial charge in [-0.1, -0.05) is 0 Å². The van der Waals surface area contributed by atoms with Gasteiger partial charge in [0.25, 0.3) is 5.91 Å². The number of aromatic hydroxyl groups is 1. The third-order valence-electron chi connectivity index (χ3n) is 2.22. The van der Waals surface area contributed by atoms with Crippen LogP contribution >= 0.6 is 31.9 Å². The molecule has 1 aromatic heterocycles. The number of halogens is 2. The molecule has 0 aliphatic heterocycles. The number of benzene rings is 1. The van der Waals surface area contributed by atoms with Crippen molar-refractivity contribution < 1.29 is 9.90 Å². The van der Waals surface area contributed by atoms with Gasteiger partial charge in [0.15, 0.2) is 0 Å². The van der Waals surface area contributed by atoms with E-state index >= 15 is 0 Å². The molecule has 1 aromatic carbocycles. The van der Waals surface area contributed by atoms with Crippen molar-refractivity contribution in [2.75, 3.05) is 5.32 Å². The summed E-state index contributed by atoms with van der Waals surface area (Å²) in [6.45, 7) is 0. The van der Waals surface area contributed by atoms with Gasteiger partial charge in [0.05, 0.1) is 10.2 Å². The zero-order chi connectivity index (χ0) is 13.1. The normalized spacial score (nSPS) is 10.1. The Labute approximate surface area is 120 Å². The molecule has 0 aliphatic carbocycles. The van der Waals surface area contributed by atoms with Gasteiger partial charge < -0.3 is 10.4 Å². The SMILES string of the molecule is O=C(Nc1cccnc1Br)c1ccc(Br)c(O)c1. The molecule has 0 radical (unpaired) electrons. The number of aromatic nitrogens is 1. The number of phenolic OH excluding ortho intramolecular Hbond substituents is 1. The maximum Gasteiger partial charge on any atom is 0.255 e. The molecule has 18 heavy (non-hydrogen) atoms. The highest BCUT2D eigenvalue weighted by Gasteiger charge is 2.10. The van der Waals surface area contributed by atoms with Gasteiger partial charge in [0.2, 0.25) is 0 Å². The molecule has 6 heteroatoms. The number of hydrogen-bond donors (Lipinski definition) is 2. The van der Waals surface area contributed by atoms with E-state index < -0.39 is 0 Å². The van der Waals surface area contributed by atoms with Crippen LogP contribution in [0.1, 0.15) is 10.4 Å². The molecule has 0 unspecified atom stereocenters. The molecule has 0 atom stereocenters. The summed E-state index contributed by atoms with van der Waals surface area (Å²) < 4.78 is 1.10. The van der Waals surface area contributed by atoms with Gasteiger partial charge in [-0.15, -0.1) is 0 Å². The van der Waals surface area contributed by atoms with E-state index in [0.717, 1.165) is 0 Å². The van der Waals surface area contributed by atoms with E-state index in [1.54, 1.807) is 30.5 Å². The molecule has 0 aliphatic rings. The average Bonchev–Trinajstić information content (AvgIpc) is 2.35. The van der Waals surface area contributed by atoms with E-state index in [2.05, 4.69) is 42.2 Å². The number of rotatable bonds is 2. The molecule has 0 saturated carbocycles. The first-order valence-corrected chi connectivity index (χ1v) is 6.57. The van der Waals surface area contributed by atoms with Gasteiger partial charge in [0.1, 0.15) is 10.4 Å². The lowest BCUT2D eigenvalue weighted by atomic mass is 10.2. The van der Waals surface area contributed by atoms with Crippen LogP contribution in [-0.4, -0.2) is 16.0 Å². The molecule has 0 spiro atoms. The van der Waals surface area contributed by atoms with Gasteiger partial charge in [-0.2, -0.15) is 0 Å². The van der Waals surface area contributed by atoms with E-state index in [-0.39, 0.29) is 11.7 Å². The maximum absolute atomic E-state index is 11.9. The topological polar surface area (TPSA) is 62.2 Å². The van der Waals surface area contributed by atoms with Crippen molar-refractivity contribution >= 4 is 43.5 Å². The van der Waals surface area contributed by atoms with Crippen LogP contribution in [0.4, 0.5) is 5.69 Å². The second kappa shape index (κ2) is 5.49. The summed E-state index contributed by atoms with van der Waals surface area (Å²) in [5, 5.41) is 12.2. The first-order valence-electron chi connectivity index (χ1n) is 4.98. The van der Waals surface area contributed by atoms with E-state index in [1.165, 1.54) is 6.07 Å². The highest BCUT2D eigenvalue weighted by molar-refractivity contribution is 9.10. The second-order valence-electron chi connectivity index (χ2n) is 3.46. The Morgan fingerprint density at radius 1 is 1.28 bits per heavy atom. The lowest BCUT2D eigenvalue weighted by Crippen LogP contribution is -2.12. The van der Waals surface area contributed by atoms with Crippen LogP contribution in [0.25, 0.3) is 0 Å². The molecule has 2 rings (SSSR count). The molecular formula is C12H8Br2N2O2. The minimum Gasteiger partial charge on any atom is -0.507 e. The number of carbonyl (C=O) groups is 1. The number of anilines is 1. The first kappa shape index (κ1) is 13.0. The lowest BCUT2D eigenvalue weighted by molar-refractivity contribution is 0.102. The third kappa shape index (κ3) is 2.88. The molecule has 92 valence electrons. The second-order valence-corrected chi connectivity index (χ2v) is 5.07. The Bertz CT molecular complexity index is 602. The molecule has 0 fully saturated rings. The van der Waals surface area contributed by atoms with Crippen LogP contribution < -0.4 is 5.32 Å². The molecule has 0 saturated heterocycles. The summed E-state index contributed by atoms with van der Waals surface area (Å²) in [7, 11) is 0. The average molecular weight is 372 g/mol. The molecule has 2 aromatic rings. The van der Waals surface area contributed by atoms with Crippen LogP contribution in [0, 0.1) is 0 Å². The number of amides is 1. The zero-order valence-corrected chi connectivity index (χ0v) is 12.2. The number of pyridine rings is 1. The van der Waals surface area contributed by atoms with Gasteiger partial charge >= 0.3 is 0 Å². The van der Waals surface area contributed by atoms with Crippen molar-refractivity contribution in [1.82, 2.24) is 4.98 Å². The standard InChI is InChI=1S/C12H8Br2N2O2/c13-8-4-3-7(6-10(8)17)12(18)16-9-2-1-5-15-11(9)14/h1-6,17H,(H,16,18). The number of carbonyl (C=O) groups excluding carboxylic acids is 1. The molecular weight excluding hydrogens is 364 g/mol. The number of hydrogen-bond acceptors (Lipinski definition) is 3. The quantitative estimate of drug-likeness (QED) is 0.793. The monoisotopic (exact) mass is 370 g/mol. The smallest absolute Gasteiger partial charge is 0.255 e. The van der Waals surface area contributed by atoms with E-state index in [1.807, 2.05) is 0 Å². The molecule has 4 nitrogen and oxygen atoms in total. The minimum absolute atomic E-state index is 0.0212. The molecule has 1 amide bonds. The third-order valence-corrected chi connectivity index (χ3v) is 3.52. The van der Waals surface area contributed by atoms with Gasteiger partial charge in [0, 0.05) is 11.8 Å². The van der Waals surface area contributed by atoms with Crippen molar-refractivity contribution in [1.29, 1.82) is 0 Å². The number of phenols is 1. The van der Waals surface area contributed by atoms with Crippen LogP contribution in [0.15, 0.2) is 45.6 Å². The number of nitrogens with zero attached hydrogens (tertiary/aromatic N) is 1. The van der Waals surface area contributed by atoms with Crippen LogP contribution in [0.2, 0.25) is 0 Å². The zero-order valence-electron chi connectivity index (χ0n) is 9.02. The van der Waals surface area contributed by atoms with Gasteiger partial charge in [-0.25, -0.2) is 4.98 Å². The Morgan fingerprint density at radius 2 is 2.06 bits per heavy atom. The Morgan fingerprint density at radius 3 is 2.72 bits per heavy atom. The van der Waals surface area contributed by atoms with Crippen molar-refractivity contribution in [3.8, 4) is 5.75 Å². The van der Waals surface area contributed by atoms with E-state index in [4.69, 9.17) is 0 Å². The first-order chi connectivity index (χ1) is 8.58. The fraction of sp³-hybridized carbons (Fsp3) is 0. The summed E-state index contributed by atoms with van der Waals surface area (Å²) in [6.07, 6.45) is 1.62. The predicted octanol–water partition coefficient (Wildman–Crippen LogP) is 3.56. The minimum atomic E-state index is -0.313. The Kier molecular flexibility index (Phi) is 3.98. The van der Waals surface area contributed by atoms with Crippen molar-refractivity contribution in [3.05, 3.63) is 51.2 Å². The fourth-order valence-electron chi connectivity index (χ4n) is 1.33. The van der Waals surface area contributed by atoms with Crippen molar-refractivity contribution in [2.24, 2.45) is 0 Å². The van der Waals surface area contributed by atoms with Crippen molar-refractivity contribution in [2.45, 2.75) is 0 Å². The maximum atomic E-state index is 11.9. The molecule has 2 N–H and O–H groups in total. The summed E-state index contributed by atoms with van der Waals surface area (Å²) >= 11 is 6.40. The van der Waals surface area contributed by atoms with Gasteiger partial charge in [-0.05, 0) is 62.2 Å². The predicted molar refractivity (Wildman–Crippen MR) is 75.7 cm³/mol. The van der Waals surface area contributed by atoms with Gasteiger partial charge in [-0.3, -0.25) is 4.79 Å². The summed E-state index contributed by atoms with van der Waals surface area (Å²) in [4.78, 5) is 15.9. The van der Waals surface area contributed by atoms with Crippen LogP contribution in [0.5, 0.6) is 5.75 Å². The Hall–Kier alpha value is -1.40. The molecule has 0 bridgehead atoms. The fourth-order valence-corrected chi connectivity index (χ4v) is 1.92. The Balaban J connectivity index is 2.22. The van der Waals surface area contributed by atoms with Crippen LogP contribution in [-0.2, 0) is 0 Å². The van der Waals surface area contributed by atoms with Crippen LogP contribution in [0.3, 0.4) is 0 Å². The van der Waals surface area contributed by atoms with Crippen molar-refractivity contribution in [3.63, 3.8) is 0 Å². The summed E-state index contributed by atoms with van der Waals surface area (Å²) in [5.41, 5.74) is 0.941. The van der Waals surface area contributed by atoms with E-state index in [0.29, 0.717) is 20.3 Å². The lowest BCUT2D eigenvalue weighted by Gasteiger charge is -2.07.